The highest BCUT2D eigenvalue weighted by Crippen LogP contribution is 2.46. The molecule has 0 spiro atoms. The molecule has 2 heterocycles. The molecule has 1 aromatic heterocycles. The fraction of sp³-hybridized carbons (Fsp3) is 0.409. The van der Waals surface area contributed by atoms with Crippen LogP contribution in [0, 0.1) is 16.7 Å². The molecule has 1 aliphatic carbocycles. The van der Waals surface area contributed by atoms with Crippen LogP contribution >= 0.6 is 0 Å². The molecule has 1 aromatic carbocycles. The molecule has 0 atom stereocenters. The molecule has 2 aliphatic rings. The van der Waals surface area contributed by atoms with Crippen LogP contribution in [-0.2, 0) is 24.4 Å². The van der Waals surface area contributed by atoms with Crippen molar-refractivity contribution in [2.75, 3.05) is 25.5 Å². The van der Waals surface area contributed by atoms with Crippen LogP contribution in [0.25, 0.3) is 0 Å². The van der Waals surface area contributed by atoms with E-state index in [0.29, 0.717) is 12.1 Å². The van der Waals surface area contributed by atoms with E-state index in [4.69, 9.17) is 0 Å². The first-order chi connectivity index (χ1) is 13.5. The number of fused-ring (bicyclic) bond motifs is 1. The maximum Gasteiger partial charge on any atom is 0.227 e. The number of nitrogens with zero attached hydrogens (tertiary/aromatic N) is 4. The van der Waals surface area contributed by atoms with Gasteiger partial charge in [-0.3, -0.25) is 4.79 Å². The van der Waals surface area contributed by atoms with Crippen molar-refractivity contribution in [1.82, 2.24) is 15.2 Å². The molecule has 6 heteroatoms. The second-order valence-corrected chi connectivity index (χ2v) is 8.15. The normalized spacial score (nSPS) is 16.6. The van der Waals surface area contributed by atoms with E-state index in [0.717, 1.165) is 43.9 Å². The summed E-state index contributed by atoms with van der Waals surface area (Å²) in [4.78, 5) is 21.2. The summed E-state index contributed by atoms with van der Waals surface area (Å²) in [5.74, 6) is 0.894. The van der Waals surface area contributed by atoms with Crippen LogP contribution in [0.15, 0.2) is 36.5 Å². The molecular formula is C22H25N5O. The van der Waals surface area contributed by atoms with E-state index >= 15 is 0 Å². The number of hydrogen-bond donors (Lipinski definition) is 1. The summed E-state index contributed by atoms with van der Waals surface area (Å²) in [5, 5.41) is 12.5. The predicted molar refractivity (Wildman–Crippen MR) is 107 cm³/mol. The van der Waals surface area contributed by atoms with Crippen LogP contribution in [0.3, 0.4) is 0 Å². The maximum absolute atomic E-state index is 12.6. The number of rotatable bonds is 6. The number of pyridine rings is 1. The quantitative estimate of drug-likeness (QED) is 0.840. The Bertz CT molecular complexity index is 942. The minimum Gasteiger partial charge on any atom is -0.352 e. The number of hydrogen-bond acceptors (Lipinski definition) is 5. The molecule has 1 fully saturated rings. The fourth-order valence-corrected chi connectivity index (χ4v) is 4.03. The molecule has 1 saturated carbocycles. The minimum absolute atomic E-state index is 0.162. The molecule has 1 N–H and O–H groups in total. The van der Waals surface area contributed by atoms with Crippen LogP contribution in [0.1, 0.15) is 35.1 Å². The second-order valence-electron chi connectivity index (χ2n) is 8.15. The first-order valence-electron chi connectivity index (χ1n) is 9.64. The Morgan fingerprint density at radius 1 is 1.29 bits per heavy atom. The molecule has 0 radical (unpaired) electrons. The Kier molecular flexibility index (Phi) is 4.78. The molecular weight excluding hydrogens is 350 g/mol. The van der Waals surface area contributed by atoms with Crippen molar-refractivity contribution in [2.24, 2.45) is 5.41 Å². The molecule has 0 unspecified atom stereocenters. The molecule has 0 bridgehead atoms. The Labute approximate surface area is 165 Å². The molecule has 6 nitrogen and oxygen atoms in total. The lowest BCUT2D eigenvalue weighted by atomic mass is 10.0. The first-order valence-corrected chi connectivity index (χ1v) is 9.64. The lowest BCUT2D eigenvalue weighted by molar-refractivity contribution is -0.127. The van der Waals surface area contributed by atoms with E-state index in [2.05, 4.69) is 44.4 Å². The van der Waals surface area contributed by atoms with Gasteiger partial charge in [-0.05, 0) is 55.8 Å². The van der Waals surface area contributed by atoms with Gasteiger partial charge in [0.1, 0.15) is 11.9 Å². The lowest BCUT2D eigenvalue weighted by Crippen LogP contribution is -2.37. The summed E-state index contributed by atoms with van der Waals surface area (Å²) in [6, 6.07) is 12.2. The average Bonchev–Trinajstić information content (AvgIpc) is 3.34. The van der Waals surface area contributed by atoms with E-state index in [1.54, 1.807) is 18.3 Å². The van der Waals surface area contributed by atoms with Crippen molar-refractivity contribution in [2.45, 2.75) is 32.5 Å². The standard InChI is InChI=1S/C22H25N5O/c1-26(2)15-22(7-8-22)21(28)25-12-16-5-6-18-13-27(14-19(18)10-16)20-17(11-23)4-3-9-24-20/h3-6,9-10H,7-8,12-15H2,1-2H3,(H,25,28). The molecule has 2 aromatic rings. The Hall–Kier alpha value is -2.91. The second kappa shape index (κ2) is 7.25. The van der Waals surface area contributed by atoms with E-state index in [9.17, 15) is 10.1 Å². The van der Waals surface area contributed by atoms with Gasteiger partial charge in [0.15, 0.2) is 0 Å². The number of carbonyl (C=O) groups excluding carboxylic acids is 1. The van der Waals surface area contributed by atoms with E-state index in [1.807, 2.05) is 14.1 Å². The van der Waals surface area contributed by atoms with Gasteiger partial charge in [-0.1, -0.05) is 18.2 Å². The Balaban J connectivity index is 1.42. The summed E-state index contributed by atoms with van der Waals surface area (Å²) in [6.07, 6.45) is 3.67. The van der Waals surface area contributed by atoms with Gasteiger partial charge in [0, 0.05) is 32.4 Å². The summed E-state index contributed by atoms with van der Waals surface area (Å²) < 4.78 is 0. The largest absolute Gasteiger partial charge is 0.352 e. The highest BCUT2D eigenvalue weighted by Gasteiger charge is 2.49. The number of anilines is 1. The average molecular weight is 375 g/mol. The van der Waals surface area contributed by atoms with Crippen LogP contribution in [0.4, 0.5) is 5.82 Å². The van der Waals surface area contributed by atoms with E-state index < -0.39 is 0 Å². The number of amides is 1. The van der Waals surface area contributed by atoms with Crippen molar-refractivity contribution in [1.29, 1.82) is 5.26 Å². The van der Waals surface area contributed by atoms with E-state index in [1.165, 1.54) is 11.1 Å². The number of nitrogens with one attached hydrogen (secondary N) is 1. The predicted octanol–water partition coefficient (Wildman–Crippen LogP) is 2.43. The van der Waals surface area contributed by atoms with Gasteiger partial charge < -0.3 is 15.1 Å². The van der Waals surface area contributed by atoms with Crippen LogP contribution in [0.5, 0.6) is 0 Å². The lowest BCUT2D eigenvalue weighted by Gasteiger charge is -2.19. The summed E-state index contributed by atoms with van der Waals surface area (Å²) in [6.45, 7) is 2.84. The van der Waals surface area contributed by atoms with Crippen molar-refractivity contribution in [3.8, 4) is 6.07 Å². The topological polar surface area (TPSA) is 72.3 Å². The van der Waals surface area contributed by atoms with Gasteiger partial charge >= 0.3 is 0 Å². The Morgan fingerprint density at radius 3 is 2.79 bits per heavy atom. The summed E-state index contributed by atoms with van der Waals surface area (Å²) in [7, 11) is 4.03. The van der Waals surface area contributed by atoms with Gasteiger partial charge in [-0.15, -0.1) is 0 Å². The number of carbonyl (C=O) groups is 1. The third-order valence-corrected chi connectivity index (χ3v) is 5.61. The molecule has 144 valence electrons. The molecule has 0 saturated heterocycles. The van der Waals surface area contributed by atoms with Crippen LogP contribution < -0.4 is 10.2 Å². The molecule has 1 amide bonds. The van der Waals surface area contributed by atoms with Crippen molar-refractivity contribution < 1.29 is 4.79 Å². The third-order valence-electron chi connectivity index (χ3n) is 5.61. The summed E-state index contributed by atoms with van der Waals surface area (Å²) in [5.41, 5.74) is 3.99. The number of nitriles is 1. The zero-order valence-corrected chi connectivity index (χ0v) is 16.4. The first kappa shape index (κ1) is 18.5. The number of benzene rings is 1. The third kappa shape index (κ3) is 3.58. The van der Waals surface area contributed by atoms with Gasteiger partial charge in [0.2, 0.25) is 5.91 Å². The van der Waals surface area contributed by atoms with Gasteiger partial charge in [0.25, 0.3) is 0 Å². The van der Waals surface area contributed by atoms with Crippen LogP contribution in [0.2, 0.25) is 0 Å². The summed E-state index contributed by atoms with van der Waals surface area (Å²) >= 11 is 0. The molecule has 4 rings (SSSR count). The smallest absolute Gasteiger partial charge is 0.227 e. The highest BCUT2D eigenvalue weighted by molar-refractivity contribution is 5.85. The Morgan fingerprint density at radius 2 is 2.07 bits per heavy atom. The zero-order valence-electron chi connectivity index (χ0n) is 16.4. The van der Waals surface area contributed by atoms with Gasteiger partial charge in [-0.2, -0.15) is 5.26 Å². The monoisotopic (exact) mass is 375 g/mol. The minimum atomic E-state index is -0.191. The van der Waals surface area contributed by atoms with Gasteiger partial charge in [0.05, 0.1) is 11.0 Å². The fourth-order valence-electron chi connectivity index (χ4n) is 4.03. The highest BCUT2D eigenvalue weighted by atomic mass is 16.2. The van der Waals surface area contributed by atoms with Gasteiger partial charge in [-0.25, -0.2) is 4.98 Å². The SMILES string of the molecule is CN(C)CC1(C(=O)NCc2ccc3c(c2)CN(c2ncccc2C#N)C3)CC1. The molecule has 28 heavy (non-hydrogen) atoms. The molecule has 1 aliphatic heterocycles. The maximum atomic E-state index is 12.6. The number of aromatic nitrogens is 1. The van der Waals surface area contributed by atoms with Crippen LogP contribution in [-0.4, -0.2) is 36.4 Å². The van der Waals surface area contributed by atoms with Crippen molar-refractivity contribution >= 4 is 11.7 Å². The zero-order chi connectivity index (χ0) is 19.7. The van der Waals surface area contributed by atoms with E-state index in [-0.39, 0.29) is 11.3 Å². The van der Waals surface area contributed by atoms with Crippen molar-refractivity contribution in [3.63, 3.8) is 0 Å². The van der Waals surface area contributed by atoms with Crippen molar-refractivity contribution in [3.05, 3.63) is 58.8 Å².